The summed E-state index contributed by atoms with van der Waals surface area (Å²) in [5.74, 6) is -0.486. The molecule has 0 saturated heterocycles. The van der Waals surface area contributed by atoms with Crippen molar-refractivity contribution in [3.8, 4) is 6.07 Å². The van der Waals surface area contributed by atoms with E-state index in [-0.39, 0.29) is 0 Å². The van der Waals surface area contributed by atoms with E-state index in [0.717, 1.165) is 5.52 Å². The van der Waals surface area contributed by atoms with Crippen molar-refractivity contribution in [3.05, 3.63) is 42.2 Å². The zero-order chi connectivity index (χ0) is 11.5. The largest absolute Gasteiger partial charge is 0.443 e. The lowest BCUT2D eigenvalue weighted by Crippen LogP contribution is -2.14. The SMILES string of the molecule is CC(C#N)OC(=O)c1ccc2ccccn12. The highest BCUT2D eigenvalue weighted by Gasteiger charge is 2.14. The van der Waals surface area contributed by atoms with Crippen molar-refractivity contribution in [1.29, 1.82) is 5.26 Å². The number of pyridine rings is 1. The molecule has 0 radical (unpaired) electrons. The van der Waals surface area contributed by atoms with Gasteiger partial charge in [-0.3, -0.25) is 0 Å². The average molecular weight is 214 g/mol. The van der Waals surface area contributed by atoms with Gasteiger partial charge in [0.1, 0.15) is 11.8 Å². The van der Waals surface area contributed by atoms with E-state index >= 15 is 0 Å². The fourth-order valence-electron chi connectivity index (χ4n) is 1.47. The third-order valence-corrected chi connectivity index (χ3v) is 2.24. The fourth-order valence-corrected chi connectivity index (χ4v) is 1.47. The fraction of sp³-hybridized carbons (Fsp3) is 0.167. The summed E-state index contributed by atoms with van der Waals surface area (Å²) in [5.41, 5.74) is 1.34. The number of ether oxygens (including phenoxy) is 1. The summed E-state index contributed by atoms with van der Waals surface area (Å²) in [5, 5.41) is 8.56. The zero-order valence-electron chi connectivity index (χ0n) is 8.75. The molecule has 1 atom stereocenters. The Bertz CT molecular complexity index is 566. The van der Waals surface area contributed by atoms with Crippen molar-refractivity contribution in [2.24, 2.45) is 0 Å². The molecule has 0 aliphatic heterocycles. The Morgan fingerprint density at radius 3 is 3.00 bits per heavy atom. The average Bonchev–Trinajstić information content (AvgIpc) is 2.72. The summed E-state index contributed by atoms with van der Waals surface area (Å²) >= 11 is 0. The summed E-state index contributed by atoms with van der Waals surface area (Å²) in [7, 11) is 0. The van der Waals surface area contributed by atoms with Crippen LogP contribution >= 0.6 is 0 Å². The molecule has 0 bridgehead atoms. The predicted molar refractivity (Wildman–Crippen MR) is 57.9 cm³/mol. The Morgan fingerprint density at radius 2 is 2.25 bits per heavy atom. The standard InChI is InChI=1S/C12H10N2O2/c1-9(8-13)16-12(15)11-6-5-10-4-2-3-7-14(10)11/h2-7,9H,1H3. The molecule has 2 heterocycles. The number of hydrogen-bond acceptors (Lipinski definition) is 3. The molecule has 1 unspecified atom stereocenters. The van der Waals surface area contributed by atoms with Gasteiger partial charge < -0.3 is 9.14 Å². The van der Waals surface area contributed by atoms with E-state index in [9.17, 15) is 4.79 Å². The number of fused-ring (bicyclic) bond motifs is 1. The molecule has 2 rings (SSSR count). The molecule has 0 fully saturated rings. The Labute approximate surface area is 92.7 Å². The van der Waals surface area contributed by atoms with Crippen LogP contribution < -0.4 is 0 Å². The third-order valence-electron chi connectivity index (χ3n) is 2.24. The Balaban J connectivity index is 2.34. The second-order valence-electron chi connectivity index (χ2n) is 3.39. The smallest absolute Gasteiger partial charge is 0.356 e. The molecular weight excluding hydrogens is 204 g/mol. The molecule has 2 aromatic heterocycles. The summed E-state index contributed by atoms with van der Waals surface area (Å²) in [6.07, 6.45) is 1.05. The molecule has 4 heteroatoms. The molecule has 0 spiro atoms. The van der Waals surface area contributed by atoms with Gasteiger partial charge in [0.15, 0.2) is 6.10 Å². The van der Waals surface area contributed by atoms with Crippen molar-refractivity contribution in [1.82, 2.24) is 4.40 Å². The van der Waals surface area contributed by atoms with Crippen molar-refractivity contribution in [2.75, 3.05) is 0 Å². The number of carbonyl (C=O) groups is 1. The maximum Gasteiger partial charge on any atom is 0.356 e. The van der Waals surface area contributed by atoms with E-state index in [0.29, 0.717) is 5.69 Å². The lowest BCUT2D eigenvalue weighted by molar-refractivity contribution is 0.0427. The van der Waals surface area contributed by atoms with E-state index in [1.54, 1.807) is 16.7 Å². The van der Waals surface area contributed by atoms with Crippen LogP contribution in [0.4, 0.5) is 0 Å². The summed E-state index contributed by atoms with van der Waals surface area (Å²) in [6, 6.07) is 11.0. The molecule has 0 aromatic carbocycles. The second kappa shape index (κ2) is 4.07. The number of carbonyl (C=O) groups excluding carboxylic acids is 1. The van der Waals surface area contributed by atoms with Gasteiger partial charge in [-0.25, -0.2) is 4.79 Å². The molecule has 4 nitrogen and oxygen atoms in total. The normalized spacial score (nSPS) is 12.0. The van der Waals surface area contributed by atoms with Crippen LogP contribution in [0.2, 0.25) is 0 Å². The minimum atomic E-state index is -0.734. The number of esters is 1. The first kappa shape index (κ1) is 10.2. The van der Waals surface area contributed by atoms with Gasteiger partial charge in [-0.15, -0.1) is 0 Å². The monoisotopic (exact) mass is 214 g/mol. The van der Waals surface area contributed by atoms with Crippen LogP contribution in [0.25, 0.3) is 5.52 Å². The Kier molecular flexibility index (Phi) is 2.61. The van der Waals surface area contributed by atoms with Gasteiger partial charge in [-0.05, 0) is 31.2 Å². The van der Waals surface area contributed by atoms with Crippen LogP contribution in [0.15, 0.2) is 36.5 Å². The van der Waals surface area contributed by atoms with Gasteiger partial charge in [-0.2, -0.15) is 5.26 Å². The van der Waals surface area contributed by atoms with Crippen molar-refractivity contribution in [2.45, 2.75) is 13.0 Å². The molecular formula is C12H10N2O2. The minimum Gasteiger partial charge on any atom is -0.443 e. The molecule has 0 amide bonds. The Morgan fingerprint density at radius 1 is 1.44 bits per heavy atom. The van der Waals surface area contributed by atoms with Crippen LogP contribution in [-0.2, 0) is 4.74 Å². The number of nitrogens with zero attached hydrogens (tertiary/aromatic N) is 2. The number of rotatable bonds is 2. The van der Waals surface area contributed by atoms with Crippen molar-refractivity contribution in [3.63, 3.8) is 0 Å². The quantitative estimate of drug-likeness (QED) is 0.718. The lowest BCUT2D eigenvalue weighted by atomic mass is 10.4. The molecule has 2 aromatic rings. The molecule has 0 saturated carbocycles. The number of aromatic nitrogens is 1. The molecule has 0 N–H and O–H groups in total. The van der Waals surface area contributed by atoms with Crippen molar-refractivity contribution >= 4 is 11.5 Å². The molecule has 80 valence electrons. The maximum absolute atomic E-state index is 11.7. The van der Waals surface area contributed by atoms with Gasteiger partial charge in [0.05, 0.1) is 0 Å². The van der Waals surface area contributed by atoms with Gasteiger partial charge in [0.2, 0.25) is 0 Å². The molecule has 16 heavy (non-hydrogen) atoms. The summed E-state index contributed by atoms with van der Waals surface area (Å²) < 4.78 is 6.66. The first-order valence-electron chi connectivity index (χ1n) is 4.89. The highest BCUT2D eigenvalue weighted by atomic mass is 16.5. The van der Waals surface area contributed by atoms with Gasteiger partial charge in [-0.1, -0.05) is 6.07 Å². The van der Waals surface area contributed by atoms with Gasteiger partial charge in [0.25, 0.3) is 0 Å². The lowest BCUT2D eigenvalue weighted by Gasteiger charge is -2.05. The first-order valence-corrected chi connectivity index (χ1v) is 4.89. The maximum atomic E-state index is 11.7. The molecule has 0 aliphatic rings. The zero-order valence-corrected chi connectivity index (χ0v) is 8.75. The van der Waals surface area contributed by atoms with Crippen LogP contribution in [0.5, 0.6) is 0 Å². The van der Waals surface area contributed by atoms with Crippen LogP contribution in [0.3, 0.4) is 0 Å². The van der Waals surface area contributed by atoms with E-state index in [2.05, 4.69) is 0 Å². The molecule has 0 aliphatic carbocycles. The van der Waals surface area contributed by atoms with Gasteiger partial charge in [0, 0.05) is 11.7 Å². The van der Waals surface area contributed by atoms with Crippen LogP contribution in [0, 0.1) is 11.3 Å². The summed E-state index contributed by atoms with van der Waals surface area (Å²) in [6.45, 7) is 1.54. The van der Waals surface area contributed by atoms with E-state index in [1.165, 1.54) is 6.92 Å². The Hall–Kier alpha value is -2.28. The topological polar surface area (TPSA) is 54.5 Å². The van der Waals surface area contributed by atoms with E-state index in [4.69, 9.17) is 10.00 Å². The minimum absolute atomic E-state index is 0.428. The highest BCUT2D eigenvalue weighted by molar-refractivity contribution is 5.89. The second-order valence-corrected chi connectivity index (χ2v) is 3.39. The van der Waals surface area contributed by atoms with Crippen molar-refractivity contribution < 1.29 is 9.53 Å². The van der Waals surface area contributed by atoms with E-state index < -0.39 is 12.1 Å². The predicted octanol–water partition coefficient (Wildman–Crippen LogP) is 2.01. The van der Waals surface area contributed by atoms with Gasteiger partial charge >= 0.3 is 5.97 Å². The highest BCUT2D eigenvalue weighted by Crippen LogP contribution is 2.11. The number of hydrogen-bond donors (Lipinski definition) is 0. The number of nitriles is 1. The van der Waals surface area contributed by atoms with E-state index in [1.807, 2.05) is 30.3 Å². The first-order chi connectivity index (χ1) is 7.72. The van der Waals surface area contributed by atoms with Crippen LogP contribution in [0.1, 0.15) is 17.4 Å². The van der Waals surface area contributed by atoms with Crippen LogP contribution in [-0.4, -0.2) is 16.5 Å². The third kappa shape index (κ3) is 1.75. The summed E-state index contributed by atoms with van der Waals surface area (Å²) in [4.78, 5) is 11.7.